The third-order valence-corrected chi connectivity index (χ3v) is 2.89. The standard InChI is InChI=1S/C11H9F6N/c12-10(13,14)7-1-3-8(4-2-7)18-9(5-6-9)11(15,16)17/h1-4,18H,5-6H2. The van der Waals surface area contributed by atoms with E-state index in [9.17, 15) is 26.3 Å². The van der Waals surface area contributed by atoms with Crippen LogP contribution in [0.25, 0.3) is 0 Å². The predicted octanol–water partition coefficient (Wildman–Crippen LogP) is 4.21. The van der Waals surface area contributed by atoms with Crippen LogP contribution < -0.4 is 5.32 Å². The summed E-state index contributed by atoms with van der Waals surface area (Å²) in [6.45, 7) is 0. The molecular formula is C11H9F6N. The number of hydrogen-bond donors (Lipinski definition) is 1. The minimum absolute atomic E-state index is 0.0397. The summed E-state index contributed by atoms with van der Waals surface area (Å²) in [6.07, 6.45) is -9.00. The Morgan fingerprint density at radius 3 is 1.72 bits per heavy atom. The molecule has 0 amide bonds. The van der Waals surface area contributed by atoms with Gasteiger partial charge in [0.15, 0.2) is 0 Å². The van der Waals surface area contributed by atoms with E-state index in [1.165, 1.54) is 0 Å². The van der Waals surface area contributed by atoms with E-state index in [2.05, 4.69) is 5.32 Å². The van der Waals surface area contributed by atoms with Crippen LogP contribution >= 0.6 is 0 Å². The van der Waals surface area contributed by atoms with Gasteiger partial charge in [0, 0.05) is 5.69 Å². The topological polar surface area (TPSA) is 12.0 Å². The van der Waals surface area contributed by atoms with E-state index in [0.29, 0.717) is 0 Å². The van der Waals surface area contributed by atoms with Crippen LogP contribution in [0, 0.1) is 0 Å². The fraction of sp³-hybridized carbons (Fsp3) is 0.455. The van der Waals surface area contributed by atoms with Crippen molar-refractivity contribution in [2.75, 3.05) is 5.32 Å². The van der Waals surface area contributed by atoms with E-state index in [-0.39, 0.29) is 18.5 Å². The molecule has 18 heavy (non-hydrogen) atoms. The summed E-state index contributed by atoms with van der Waals surface area (Å²) in [5.41, 5.74) is -2.81. The summed E-state index contributed by atoms with van der Waals surface area (Å²) in [4.78, 5) is 0. The lowest BCUT2D eigenvalue weighted by atomic mass is 10.1. The largest absolute Gasteiger partial charge is 0.416 e. The maximum atomic E-state index is 12.6. The Balaban J connectivity index is 2.13. The molecule has 1 saturated carbocycles. The second-order valence-electron chi connectivity index (χ2n) is 4.28. The molecule has 2 rings (SSSR count). The molecule has 0 atom stereocenters. The van der Waals surface area contributed by atoms with Crippen molar-refractivity contribution in [2.24, 2.45) is 0 Å². The molecule has 1 fully saturated rings. The third-order valence-electron chi connectivity index (χ3n) is 2.89. The van der Waals surface area contributed by atoms with Gasteiger partial charge in [0.25, 0.3) is 0 Å². The first-order valence-corrected chi connectivity index (χ1v) is 5.16. The zero-order valence-electron chi connectivity index (χ0n) is 8.99. The maximum absolute atomic E-state index is 12.6. The van der Waals surface area contributed by atoms with Gasteiger partial charge in [-0.05, 0) is 37.1 Å². The summed E-state index contributed by atoms with van der Waals surface area (Å²) >= 11 is 0. The first-order chi connectivity index (χ1) is 8.14. The van der Waals surface area contributed by atoms with Crippen molar-refractivity contribution in [2.45, 2.75) is 30.7 Å². The van der Waals surface area contributed by atoms with Crippen LogP contribution in [0.4, 0.5) is 32.0 Å². The Morgan fingerprint density at radius 2 is 1.39 bits per heavy atom. The van der Waals surface area contributed by atoms with Crippen molar-refractivity contribution < 1.29 is 26.3 Å². The molecule has 100 valence electrons. The van der Waals surface area contributed by atoms with Gasteiger partial charge in [-0.3, -0.25) is 0 Å². The smallest absolute Gasteiger partial charge is 0.372 e. The van der Waals surface area contributed by atoms with Gasteiger partial charge in [-0.2, -0.15) is 26.3 Å². The van der Waals surface area contributed by atoms with Gasteiger partial charge in [-0.1, -0.05) is 0 Å². The van der Waals surface area contributed by atoms with Gasteiger partial charge in [-0.25, -0.2) is 0 Å². The van der Waals surface area contributed by atoms with Crippen molar-refractivity contribution in [1.29, 1.82) is 0 Å². The fourth-order valence-electron chi connectivity index (χ4n) is 1.62. The van der Waals surface area contributed by atoms with E-state index in [1.54, 1.807) is 0 Å². The lowest BCUT2D eigenvalue weighted by Gasteiger charge is -2.22. The van der Waals surface area contributed by atoms with Gasteiger partial charge in [-0.15, -0.1) is 0 Å². The Bertz CT molecular complexity index is 426. The monoisotopic (exact) mass is 269 g/mol. The van der Waals surface area contributed by atoms with Crippen LogP contribution in [-0.4, -0.2) is 11.7 Å². The Kier molecular flexibility index (Phi) is 2.75. The summed E-state index contributed by atoms with van der Waals surface area (Å²) in [5, 5.41) is 2.26. The number of alkyl halides is 6. The average Bonchev–Trinajstić information content (AvgIpc) is 2.97. The van der Waals surface area contributed by atoms with Crippen LogP contribution in [-0.2, 0) is 6.18 Å². The number of halogens is 6. The summed E-state index contributed by atoms with van der Waals surface area (Å²) < 4.78 is 74.6. The Hall–Kier alpha value is -1.40. The Labute approximate surface area is 98.8 Å². The molecule has 1 nitrogen and oxygen atoms in total. The second kappa shape index (κ2) is 3.80. The summed E-state index contributed by atoms with van der Waals surface area (Å²) in [7, 11) is 0. The van der Waals surface area contributed by atoms with E-state index in [0.717, 1.165) is 24.3 Å². The quantitative estimate of drug-likeness (QED) is 0.793. The van der Waals surface area contributed by atoms with Gasteiger partial charge in [0.05, 0.1) is 5.56 Å². The van der Waals surface area contributed by atoms with Crippen LogP contribution in [0.1, 0.15) is 18.4 Å². The molecule has 0 bridgehead atoms. The molecule has 0 spiro atoms. The molecule has 0 saturated heterocycles. The van der Waals surface area contributed by atoms with Gasteiger partial charge in [0.1, 0.15) is 5.54 Å². The van der Waals surface area contributed by atoms with Gasteiger partial charge < -0.3 is 5.32 Å². The SMILES string of the molecule is FC(F)(F)c1ccc(NC2(C(F)(F)F)CC2)cc1. The van der Waals surface area contributed by atoms with E-state index in [4.69, 9.17) is 0 Å². The molecule has 1 aromatic carbocycles. The van der Waals surface area contributed by atoms with Crippen LogP contribution in [0.2, 0.25) is 0 Å². The molecule has 0 aliphatic heterocycles. The zero-order chi connectivity index (χ0) is 13.6. The molecule has 7 heteroatoms. The predicted molar refractivity (Wildman–Crippen MR) is 53.1 cm³/mol. The van der Waals surface area contributed by atoms with Crippen molar-refractivity contribution in [3.8, 4) is 0 Å². The second-order valence-corrected chi connectivity index (χ2v) is 4.28. The number of hydrogen-bond acceptors (Lipinski definition) is 1. The van der Waals surface area contributed by atoms with Crippen LogP contribution in [0.15, 0.2) is 24.3 Å². The van der Waals surface area contributed by atoms with Crippen LogP contribution in [0.5, 0.6) is 0 Å². The number of nitrogens with one attached hydrogen (secondary N) is 1. The molecule has 0 aromatic heterocycles. The molecule has 0 unspecified atom stereocenters. The first kappa shape index (κ1) is 13.0. The van der Waals surface area contributed by atoms with Crippen LogP contribution in [0.3, 0.4) is 0 Å². The molecule has 1 aliphatic carbocycles. The molecular weight excluding hydrogens is 260 g/mol. The normalized spacial score (nSPS) is 18.6. The lowest BCUT2D eigenvalue weighted by Crippen LogP contribution is -2.38. The highest BCUT2D eigenvalue weighted by Crippen LogP contribution is 2.51. The minimum Gasteiger partial charge on any atom is -0.372 e. The third kappa shape index (κ3) is 2.39. The van der Waals surface area contributed by atoms with Crippen molar-refractivity contribution >= 4 is 5.69 Å². The minimum atomic E-state index is -4.49. The lowest BCUT2D eigenvalue weighted by molar-refractivity contribution is -0.151. The van der Waals surface area contributed by atoms with Crippen molar-refractivity contribution in [3.63, 3.8) is 0 Å². The molecule has 0 radical (unpaired) electrons. The summed E-state index contributed by atoms with van der Waals surface area (Å²) in [6, 6.07) is 3.53. The molecule has 0 heterocycles. The fourth-order valence-corrected chi connectivity index (χ4v) is 1.62. The highest BCUT2D eigenvalue weighted by Gasteiger charge is 2.63. The van der Waals surface area contributed by atoms with E-state index in [1.807, 2.05) is 0 Å². The molecule has 1 aliphatic rings. The highest BCUT2D eigenvalue weighted by molar-refractivity contribution is 5.49. The number of rotatable bonds is 2. The van der Waals surface area contributed by atoms with E-state index >= 15 is 0 Å². The maximum Gasteiger partial charge on any atom is 0.416 e. The van der Waals surface area contributed by atoms with E-state index < -0.39 is 23.5 Å². The number of benzene rings is 1. The van der Waals surface area contributed by atoms with Gasteiger partial charge >= 0.3 is 12.4 Å². The Morgan fingerprint density at radius 1 is 0.889 bits per heavy atom. The first-order valence-electron chi connectivity index (χ1n) is 5.16. The van der Waals surface area contributed by atoms with Gasteiger partial charge in [0.2, 0.25) is 0 Å². The number of anilines is 1. The summed E-state index contributed by atoms with van der Waals surface area (Å²) in [5.74, 6) is 0. The average molecular weight is 269 g/mol. The van der Waals surface area contributed by atoms with Crippen molar-refractivity contribution in [1.82, 2.24) is 0 Å². The highest BCUT2D eigenvalue weighted by atomic mass is 19.4. The zero-order valence-corrected chi connectivity index (χ0v) is 8.99. The molecule has 1 aromatic rings. The van der Waals surface area contributed by atoms with Crippen molar-refractivity contribution in [3.05, 3.63) is 29.8 Å². The molecule has 1 N–H and O–H groups in total.